The van der Waals surface area contributed by atoms with Gasteiger partial charge in [0.1, 0.15) is 0 Å². The Morgan fingerprint density at radius 2 is 1.85 bits per heavy atom. The molecule has 0 bridgehead atoms. The van der Waals surface area contributed by atoms with Crippen LogP contribution in [-0.2, 0) is 0 Å². The van der Waals surface area contributed by atoms with Crippen LogP contribution >= 0.6 is 0 Å². The molecule has 2 fully saturated rings. The van der Waals surface area contributed by atoms with E-state index in [0.717, 1.165) is 24.9 Å². The van der Waals surface area contributed by atoms with Crippen molar-refractivity contribution in [3.05, 3.63) is 0 Å². The second-order valence-corrected chi connectivity index (χ2v) is 4.82. The Morgan fingerprint density at radius 1 is 1.08 bits per heavy atom. The van der Waals surface area contributed by atoms with E-state index in [9.17, 15) is 0 Å². The first-order valence-electron chi connectivity index (χ1n) is 5.82. The summed E-state index contributed by atoms with van der Waals surface area (Å²) in [5, 5.41) is 3.39. The van der Waals surface area contributed by atoms with Crippen LogP contribution in [0.1, 0.15) is 38.5 Å². The van der Waals surface area contributed by atoms with Crippen molar-refractivity contribution in [3.63, 3.8) is 0 Å². The average molecular weight is 182 g/mol. The molecule has 0 radical (unpaired) electrons. The van der Waals surface area contributed by atoms with Crippen molar-refractivity contribution in [2.24, 2.45) is 17.6 Å². The summed E-state index contributed by atoms with van der Waals surface area (Å²) in [6.07, 6.45) is 8.69. The first-order valence-corrected chi connectivity index (χ1v) is 5.82. The van der Waals surface area contributed by atoms with E-state index < -0.39 is 0 Å². The maximum absolute atomic E-state index is 6.03. The van der Waals surface area contributed by atoms with Crippen LogP contribution in [0.25, 0.3) is 0 Å². The number of hydrogen-bond acceptors (Lipinski definition) is 2. The van der Waals surface area contributed by atoms with Crippen LogP contribution in [-0.4, -0.2) is 19.1 Å². The summed E-state index contributed by atoms with van der Waals surface area (Å²) < 4.78 is 0. The lowest BCUT2D eigenvalue weighted by molar-refractivity contribution is 0.286. The third-order valence-electron chi connectivity index (χ3n) is 3.75. The van der Waals surface area contributed by atoms with Crippen molar-refractivity contribution < 1.29 is 0 Å². The lowest BCUT2D eigenvalue weighted by Gasteiger charge is -2.25. The van der Waals surface area contributed by atoms with Gasteiger partial charge in [-0.2, -0.15) is 0 Å². The van der Waals surface area contributed by atoms with Gasteiger partial charge < -0.3 is 11.1 Å². The number of rotatable bonds is 2. The molecule has 2 rings (SSSR count). The zero-order valence-electron chi connectivity index (χ0n) is 8.47. The SMILES string of the molecule is N[C@H]1CNC[C@H]1CC1CCCCC1. The Hall–Kier alpha value is -0.0800. The minimum atomic E-state index is 0.432. The molecule has 1 saturated carbocycles. The minimum absolute atomic E-state index is 0.432. The number of nitrogens with two attached hydrogens (primary N) is 1. The van der Waals surface area contributed by atoms with Crippen molar-refractivity contribution in [1.82, 2.24) is 5.32 Å². The van der Waals surface area contributed by atoms with Gasteiger partial charge in [-0.3, -0.25) is 0 Å². The van der Waals surface area contributed by atoms with E-state index in [0.29, 0.717) is 6.04 Å². The predicted molar refractivity (Wildman–Crippen MR) is 55.5 cm³/mol. The maximum Gasteiger partial charge on any atom is 0.0206 e. The third-order valence-corrected chi connectivity index (χ3v) is 3.75. The number of nitrogens with one attached hydrogen (secondary N) is 1. The van der Waals surface area contributed by atoms with Gasteiger partial charge in [-0.25, -0.2) is 0 Å². The second-order valence-electron chi connectivity index (χ2n) is 4.82. The Morgan fingerprint density at radius 3 is 2.46 bits per heavy atom. The fourth-order valence-corrected chi connectivity index (χ4v) is 2.86. The van der Waals surface area contributed by atoms with Crippen LogP contribution in [0.4, 0.5) is 0 Å². The fraction of sp³-hybridized carbons (Fsp3) is 1.00. The second kappa shape index (κ2) is 4.43. The van der Waals surface area contributed by atoms with Crippen molar-refractivity contribution in [2.45, 2.75) is 44.6 Å². The van der Waals surface area contributed by atoms with Crippen LogP contribution in [0.2, 0.25) is 0 Å². The van der Waals surface area contributed by atoms with E-state index in [4.69, 9.17) is 5.73 Å². The summed E-state index contributed by atoms with van der Waals surface area (Å²) in [7, 11) is 0. The first kappa shape index (κ1) is 9.47. The summed E-state index contributed by atoms with van der Waals surface area (Å²) in [6, 6.07) is 0.432. The van der Waals surface area contributed by atoms with Crippen molar-refractivity contribution >= 4 is 0 Å². The molecular formula is C11H22N2. The molecule has 0 aromatic heterocycles. The Bertz CT molecular complexity index is 152. The van der Waals surface area contributed by atoms with Crippen LogP contribution in [0.3, 0.4) is 0 Å². The van der Waals surface area contributed by atoms with Gasteiger partial charge in [0, 0.05) is 12.6 Å². The highest BCUT2D eigenvalue weighted by atomic mass is 15.0. The summed E-state index contributed by atoms with van der Waals surface area (Å²) in [5.74, 6) is 1.76. The zero-order chi connectivity index (χ0) is 9.10. The molecule has 0 aromatic carbocycles. The topological polar surface area (TPSA) is 38.0 Å². The molecule has 1 saturated heterocycles. The zero-order valence-corrected chi connectivity index (χ0v) is 8.47. The normalized spacial score (nSPS) is 36.7. The summed E-state index contributed by atoms with van der Waals surface area (Å²) in [4.78, 5) is 0. The maximum atomic E-state index is 6.03. The molecular weight excluding hydrogens is 160 g/mol. The van der Waals surface area contributed by atoms with E-state index in [-0.39, 0.29) is 0 Å². The molecule has 2 heteroatoms. The molecule has 1 aliphatic heterocycles. The van der Waals surface area contributed by atoms with Crippen LogP contribution in [0, 0.1) is 11.8 Å². The largest absolute Gasteiger partial charge is 0.326 e. The molecule has 1 aliphatic carbocycles. The van der Waals surface area contributed by atoms with Gasteiger partial charge in [0.15, 0.2) is 0 Å². The van der Waals surface area contributed by atoms with Crippen molar-refractivity contribution in [1.29, 1.82) is 0 Å². The van der Waals surface area contributed by atoms with Gasteiger partial charge in [-0.15, -0.1) is 0 Å². The summed E-state index contributed by atoms with van der Waals surface area (Å²) in [5.41, 5.74) is 6.03. The van der Waals surface area contributed by atoms with Gasteiger partial charge >= 0.3 is 0 Å². The van der Waals surface area contributed by atoms with Crippen LogP contribution in [0.5, 0.6) is 0 Å². The Balaban J connectivity index is 1.75. The highest BCUT2D eigenvalue weighted by molar-refractivity contribution is 4.85. The van der Waals surface area contributed by atoms with Gasteiger partial charge in [0.25, 0.3) is 0 Å². The van der Waals surface area contributed by atoms with Gasteiger partial charge in [-0.05, 0) is 24.8 Å². The summed E-state index contributed by atoms with van der Waals surface area (Å²) >= 11 is 0. The highest BCUT2D eigenvalue weighted by Crippen LogP contribution is 2.30. The van der Waals surface area contributed by atoms with Gasteiger partial charge in [0.05, 0.1) is 0 Å². The van der Waals surface area contributed by atoms with E-state index >= 15 is 0 Å². The van der Waals surface area contributed by atoms with Crippen molar-refractivity contribution in [3.8, 4) is 0 Å². The Labute approximate surface area is 81.3 Å². The van der Waals surface area contributed by atoms with E-state index in [1.807, 2.05) is 0 Å². The van der Waals surface area contributed by atoms with E-state index in [2.05, 4.69) is 5.32 Å². The smallest absolute Gasteiger partial charge is 0.0206 e. The molecule has 0 aromatic rings. The molecule has 3 N–H and O–H groups in total. The molecule has 2 nitrogen and oxygen atoms in total. The third kappa shape index (κ3) is 2.44. The fourth-order valence-electron chi connectivity index (χ4n) is 2.86. The van der Waals surface area contributed by atoms with Gasteiger partial charge in [0.2, 0.25) is 0 Å². The standard InChI is InChI=1S/C11H22N2/c12-11-8-13-7-10(11)6-9-4-2-1-3-5-9/h9-11,13H,1-8,12H2/t10-,11+/m1/s1. The molecule has 0 unspecified atom stereocenters. The highest BCUT2D eigenvalue weighted by Gasteiger charge is 2.26. The molecule has 13 heavy (non-hydrogen) atoms. The van der Waals surface area contributed by atoms with Crippen LogP contribution < -0.4 is 11.1 Å². The summed E-state index contributed by atoms with van der Waals surface area (Å²) in [6.45, 7) is 2.20. The monoisotopic (exact) mass is 182 g/mol. The van der Waals surface area contributed by atoms with Gasteiger partial charge in [-0.1, -0.05) is 32.1 Å². The lowest BCUT2D eigenvalue weighted by Crippen LogP contribution is -2.30. The lowest BCUT2D eigenvalue weighted by atomic mass is 9.81. The molecule has 2 atom stereocenters. The molecule has 76 valence electrons. The predicted octanol–water partition coefficient (Wildman–Crippen LogP) is 1.50. The first-order chi connectivity index (χ1) is 6.36. The molecule has 0 amide bonds. The van der Waals surface area contributed by atoms with E-state index in [1.54, 1.807) is 0 Å². The molecule has 1 heterocycles. The minimum Gasteiger partial charge on any atom is -0.326 e. The van der Waals surface area contributed by atoms with Crippen molar-refractivity contribution in [2.75, 3.05) is 13.1 Å². The molecule has 0 spiro atoms. The van der Waals surface area contributed by atoms with Crippen LogP contribution in [0.15, 0.2) is 0 Å². The average Bonchev–Trinajstić information content (AvgIpc) is 2.54. The quantitative estimate of drug-likeness (QED) is 0.679. The molecule has 2 aliphatic rings. The number of hydrogen-bond donors (Lipinski definition) is 2. The van der Waals surface area contributed by atoms with E-state index in [1.165, 1.54) is 38.5 Å². The Kier molecular flexibility index (Phi) is 3.23.